The van der Waals surface area contributed by atoms with Crippen LogP contribution in [-0.2, 0) is 14.3 Å². The second kappa shape index (κ2) is 6.80. The van der Waals surface area contributed by atoms with Gasteiger partial charge in [0.1, 0.15) is 6.10 Å². The van der Waals surface area contributed by atoms with Gasteiger partial charge in [0.15, 0.2) is 0 Å². The zero-order chi connectivity index (χ0) is 11.1. The first-order valence-electron chi connectivity index (χ1n) is 5.69. The van der Waals surface area contributed by atoms with E-state index in [2.05, 4.69) is 6.92 Å². The molecule has 0 radical (unpaired) electrons. The minimum Gasteiger partial charge on any atom is -0.460 e. The first-order chi connectivity index (χ1) is 7.22. The molecule has 15 heavy (non-hydrogen) atoms. The van der Waals surface area contributed by atoms with Crippen LogP contribution in [0.1, 0.15) is 32.6 Å². The monoisotopic (exact) mass is 215 g/mol. The Morgan fingerprint density at radius 3 is 3.00 bits per heavy atom. The van der Waals surface area contributed by atoms with Gasteiger partial charge in [-0.1, -0.05) is 6.92 Å². The molecule has 0 aromatic carbocycles. The van der Waals surface area contributed by atoms with Crippen LogP contribution in [0.15, 0.2) is 0 Å². The quantitative estimate of drug-likeness (QED) is 0.674. The van der Waals surface area contributed by atoms with Gasteiger partial charge < -0.3 is 15.2 Å². The number of carbonyl (C=O) groups excluding carboxylic acids is 1. The highest BCUT2D eigenvalue weighted by Gasteiger charge is 2.19. The average molecular weight is 215 g/mol. The van der Waals surface area contributed by atoms with Crippen molar-refractivity contribution in [3.05, 3.63) is 0 Å². The number of hydrogen-bond acceptors (Lipinski definition) is 4. The zero-order valence-electron chi connectivity index (χ0n) is 9.41. The van der Waals surface area contributed by atoms with E-state index in [4.69, 9.17) is 15.2 Å². The lowest BCUT2D eigenvalue weighted by Crippen LogP contribution is -2.18. The molecule has 0 aromatic heterocycles. The summed E-state index contributed by atoms with van der Waals surface area (Å²) < 4.78 is 10.4. The van der Waals surface area contributed by atoms with Crippen molar-refractivity contribution in [2.24, 2.45) is 11.7 Å². The molecule has 0 aromatic rings. The number of esters is 1. The van der Waals surface area contributed by atoms with E-state index < -0.39 is 0 Å². The molecule has 88 valence electrons. The van der Waals surface area contributed by atoms with Gasteiger partial charge >= 0.3 is 5.97 Å². The summed E-state index contributed by atoms with van der Waals surface area (Å²) >= 11 is 0. The fourth-order valence-electron chi connectivity index (χ4n) is 1.64. The predicted molar refractivity (Wildman–Crippen MR) is 57.4 cm³/mol. The van der Waals surface area contributed by atoms with Crippen LogP contribution in [0.25, 0.3) is 0 Å². The maximum absolute atomic E-state index is 11.4. The standard InChI is InChI=1S/C11H21NO3/c1-9(4-6-12)2-3-11(13)15-10-5-7-14-8-10/h9-10H,2-8,12H2,1H3. The van der Waals surface area contributed by atoms with Crippen LogP contribution >= 0.6 is 0 Å². The van der Waals surface area contributed by atoms with Gasteiger partial charge in [-0.3, -0.25) is 4.79 Å². The third-order valence-corrected chi connectivity index (χ3v) is 2.69. The first-order valence-corrected chi connectivity index (χ1v) is 5.69. The number of hydrogen-bond donors (Lipinski definition) is 1. The molecule has 2 atom stereocenters. The SMILES string of the molecule is CC(CCN)CCC(=O)OC1CCOC1. The maximum Gasteiger partial charge on any atom is 0.306 e. The highest BCUT2D eigenvalue weighted by atomic mass is 16.6. The summed E-state index contributed by atoms with van der Waals surface area (Å²) in [5.74, 6) is 0.400. The van der Waals surface area contributed by atoms with Crippen LogP contribution in [0, 0.1) is 5.92 Å². The summed E-state index contributed by atoms with van der Waals surface area (Å²) in [5, 5.41) is 0. The van der Waals surface area contributed by atoms with E-state index in [-0.39, 0.29) is 12.1 Å². The molecule has 1 fully saturated rings. The smallest absolute Gasteiger partial charge is 0.306 e. The van der Waals surface area contributed by atoms with Crippen molar-refractivity contribution in [1.82, 2.24) is 0 Å². The highest BCUT2D eigenvalue weighted by Crippen LogP contribution is 2.13. The Labute approximate surface area is 91.1 Å². The average Bonchev–Trinajstić information content (AvgIpc) is 2.68. The minimum absolute atomic E-state index is 0.0117. The van der Waals surface area contributed by atoms with Gasteiger partial charge in [-0.05, 0) is 25.3 Å². The first kappa shape index (κ1) is 12.5. The molecular weight excluding hydrogens is 194 g/mol. The fraction of sp³-hybridized carbons (Fsp3) is 0.909. The van der Waals surface area contributed by atoms with Crippen molar-refractivity contribution in [1.29, 1.82) is 0 Å². The molecule has 4 nitrogen and oxygen atoms in total. The van der Waals surface area contributed by atoms with Crippen LogP contribution in [-0.4, -0.2) is 31.8 Å². The Bertz CT molecular complexity index is 190. The summed E-state index contributed by atoms with van der Waals surface area (Å²) in [7, 11) is 0. The molecule has 2 N–H and O–H groups in total. The lowest BCUT2D eigenvalue weighted by molar-refractivity contribution is -0.149. The van der Waals surface area contributed by atoms with Gasteiger partial charge in [0.2, 0.25) is 0 Å². The van der Waals surface area contributed by atoms with E-state index in [0.29, 0.717) is 32.1 Å². The molecule has 1 saturated heterocycles. The van der Waals surface area contributed by atoms with Gasteiger partial charge in [0.25, 0.3) is 0 Å². The Morgan fingerprint density at radius 2 is 2.40 bits per heavy atom. The third kappa shape index (κ3) is 5.14. The minimum atomic E-state index is -0.102. The molecule has 1 rings (SSSR count). The van der Waals surface area contributed by atoms with Crippen molar-refractivity contribution in [3.63, 3.8) is 0 Å². The highest BCUT2D eigenvalue weighted by molar-refractivity contribution is 5.69. The predicted octanol–water partition coefficient (Wildman–Crippen LogP) is 1.08. The van der Waals surface area contributed by atoms with E-state index in [1.165, 1.54) is 0 Å². The van der Waals surface area contributed by atoms with E-state index in [0.717, 1.165) is 19.3 Å². The molecule has 1 aliphatic rings. The van der Waals surface area contributed by atoms with Crippen molar-refractivity contribution >= 4 is 5.97 Å². The van der Waals surface area contributed by atoms with E-state index in [9.17, 15) is 4.79 Å². The van der Waals surface area contributed by atoms with E-state index >= 15 is 0 Å². The van der Waals surface area contributed by atoms with Gasteiger partial charge in [-0.15, -0.1) is 0 Å². The maximum atomic E-state index is 11.4. The number of carbonyl (C=O) groups is 1. The summed E-state index contributed by atoms with van der Waals surface area (Å²) in [6, 6.07) is 0. The van der Waals surface area contributed by atoms with Crippen molar-refractivity contribution < 1.29 is 14.3 Å². The largest absolute Gasteiger partial charge is 0.460 e. The lowest BCUT2D eigenvalue weighted by atomic mass is 10.0. The number of nitrogens with two attached hydrogens (primary N) is 1. The van der Waals surface area contributed by atoms with Crippen molar-refractivity contribution in [2.45, 2.75) is 38.7 Å². The number of ether oxygens (including phenoxy) is 2. The topological polar surface area (TPSA) is 61.6 Å². The molecule has 0 amide bonds. The number of rotatable bonds is 6. The summed E-state index contributed by atoms with van der Waals surface area (Å²) in [6.07, 6.45) is 3.16. The molecule has 0 aliphatic carbocycles. The summed E-state index contributed by atoms with van der Waals surface area (Å²) in [5.41, 5.74) is 5.44. The Hall–Kier alpha value is -0.610. The summed E-state index contributed by atoms with van der Waals surface area (Å²) in [4.78, 5) is 11.4. The Morgan fingerprint density at radius 1 is 1.60 bits per heavy atom. The zero-order valence-corrected chi connectivity index (χ0v) is 9.41. The molecule has 0 spiro atoms. The fourth-order valence-corrected chi connectivity index (χ4v) is 1.64. The molecule has 1 aliphatic heterocycles. The molecule has 2 unspecified atom stereocenters. The van der Waals surface area contributed by atoms with Crippen LogP contribution in [0.5, 0.6) is 0 Å². The lowest BCUT2D eigenvalue weighted by Gasteiger charge is -2.12. The summed E-state index contributed by atoms with van der Waals surface area (Å²) in [6.45, 7) is 4.07. The van der Waals surface area contributed by atoms with E-state index in [1.54, 1.807) is 0 Å². The van der Waals surface area contributed by atoms with Gasteiger partial charge in [0, 0.05) is 12.8 Å². The molecule has 1 heterocycles. The second-order valence-corrected chi connectivity index (χ2v) is 4.20. The van der Waals surface area contributed by atoms with Gasteiger partial charge in [-0.25, -0.2) is 0 Å². The normalized spacial score (nSPS) is 22.7. The van der Waals surface area contributed by atoms with Crippen LogP contribution in [0.2, 0.25) is 0 Å². The van der Waals surface area contributed by atoms with Crippen molar-refractivity contribution in [3.8, 4) is 0 Å². The molecule has 0 saturated carbocycles. The Kier molecular flexibility index (Phi) is 5.65. The molecule has 0 bridgehead atoms. The van der Waals surface area contributed by atoms with Crippen molar-refractivity contribution in [2.75, 3.05) is 19.8 Å². The second-order valence-electron chi connectivity index (χ2n) is 4.20. The van der Waals surface area contributed by atoms with Crippen LogP contribution in [0.3, 0.4) is 0 Å². The van der Waals surface area contributed by atoms with Crippen LogP contribution < -0.4 is 5.73 Å². The third-order valence-electron chi connectivity index (χ3n) is 2.69. The molecular formula is C11H21NO3. The molecule has 4 heteroatoms. The van der Waals surface area contributed by atoms with Gasteiger partial charge in [0.05, 0.1) is 13.2 Å². The Balaban J connectivity index is 2.07. The van der Waals surface area contributed by atoms with E-state index in [1.807, 2.05) is 0 Å². The van der Waals surface area contributed by atoms with Crippen LogP contribution in [0.4, 0.5) is 0 Å². The van der Waals surface area contributed by atoms with Gasteiger partial charge in [-0.2, -0.15) is 0 Å².